The smallest absolute Gasteiger partial charge is 0.325 e. The second-order valence-electron chi connectivity index (χ2n) is 6.03. The van der Waals surface area contributed by atoms with Crippen molar-refractivity contribution in [1.82, 2.24) is 14.9 Å². The Morgan fingerprint density at radius 3 is 2.77 bits per heavy atom. The van der Waals surface area contributed by atoms with Crippen LogP contribution < -0.4 is 16.0 Å². The fourth-order valence-electron chi connectivity index (χ4n) is 2.84. The van der Waals surface area contributed by atoms with Crippen molar-refractivity contribution in [3.63, 3.8) is 0 Å². The summed E-state index contributed by atoms with van der Waals surface area (Å²) in [4.78, 5) is 41.8. The minimum Gasteiger partial charge on any atom is -0.492 e. The second kappa shape index (κ2) is 8.48. The molecule has 2 N–H and O–H groups in total. The van der Waals surface area contributed by atoms with Crippen molar-refractivity contribution in [2.45, 2.75) is 18.9 Å². The minimum atomic E-state index is -0.708. The molecule has 2 aromatic rings. The molecule has 1 aromatic heterocycles. The molecule has 1 atom stereocenters. The van der Waals surface area contributed by atoms with Gasteiger partial charge in [-0.1, -0.05) is 18.2 Å². The van der Waals surface area contributed by atoms with Crippen molar-refractivity contribution in [2.75, 3.05) is 26.3 Å². The van der Waals surface area contributed by atoms with Crippen molar-refractivity contribution >= 4 is 5.91 Å². The quantitative estimate of drug-likeness (QED) is 0.760. The van der Waals surface area contributed by atoms with Gasteiger partial charge in [0.05, 0.1) is 12.6 Å². The van der Waals surface area contributed by atoms with E-state index >= 15 is 0 Å². The Labute approximate surface area is 149 Å². The molecule has 1 unspecified atom stereocenters. The number of carbonyl (C=O) groups excluding carboxylic acids is 1. The third-order valence-corrected chi connectivity index (χ3v) is 4.16. The molecule has 1 aromatic carbocycles. The molecule has 1 fully saturated rings. The van der Waals surface area contributed by atoms with E-state index < -0.39 is 17.2 Å². The monoisotopic (exact) mass is 359 g/mol. The molecule has 0 aliphatic carbocycles. The van der Waals surface area contributed by atoms with Gasteiger partial charge in [0.15, 0.2) is 0 Å². The summed E-state index contributed by atoms with van der Waals surface area (Å²) in [6, 6.07) is 9.29. The minimum absolute atomic E-state index is 0.0579. The predicted molar refractivity (Wildman–Crippen MR) is 94.5 cm³/mol. The standard InChI is InChI=1S/C18H21N3O5/c22-16-15(11-19-18(24)20-16)17(23)21(12-14-7-4-9-25-14)8-10-26-13-5-2-1-3-6-13/h1-3,5-6,11,14H,4,7-10,12H2,(H2,19,20,22,24). The van der Waals surface area contributed by atoms with Gasteiger partial charge in [0.2, 0.25) is 0 Å². The van der Waals surface area contributed by atoms with Crippen molar-refractivity contribution in [1.29, 1.82) is 0 Å². The maximum atomic E-state index is 12.8. The molecule has 26 heavy (non-hydrogen) atoms. The Morgan fingerprint density at radius 2 is 2.08 bits per heavy atom. The van der Waals surface area contributed by atoms with Gasteiger partial charge < -0.3 is 19.4 Å². The molecule has 8 nitrogen and oxygen atoms in total. The highest BCUT2D eigenvalue weighted by atomic mass is 16.5. The Bertz CT molecular complexity index is 840. The lowest BCUT2D eigenvalue weighted by Crippen LogP contribution is -2.42. The van der Waals surface area contributed by atoms with Gasteiger partial charge in [0.25, 0.3) is 11.5 Å². The molecular weight excluding hydrogens is 338 g/mol. The Hall–Kier alpha value is -2.87. The van der Waals surface area contributed by atoms with Gasteiger partial charge in [-0.25, -0.2) is 4.79 Å². The third-order valence-electron chi connectivity index (χ3n) is 4.16. The zero-order valence-corrected chi connectivity index (χ0v) is 14.3. The number of aromatic nitrogens is 2. The molecule has 2 heterocycles. The van der Waals surface area contributed by atoms with Gasteiger partial charge in [-0.15, -0.1) is 0 Å². The van der Waals surface area contributed by atoms with E-state index in [0.29, 0.717) is 25.4 Å². The van der Waals surface area contributed by atoms with Crippen LogP contribution in [0.2, 0.25) is 0 Å². The molecule has 8 heteroatoms. The van der Waals surface area contributed by atoms with Crippen molar-refractivity contribution in [3.05, 3.63) is 62.9 Å². The summed E-state index contributed by atoms with van der Waals surface area (Å²) in [7, 11) is 0. The zero-order valence-electron chi connectivity index (χ0n) is 14.3. The van der Waals surface area contributed by atoms with E-state index in [4.69, 9.17) is 9.47 Å². The van der Waals surface area contributed by atoms with Crippen LogP contribution in [-0.4, -0.2) is 53.2 Å². The highest BCUT2D eigenvalue weighted by molar-refractivity contribution is 5.93. The van der Waals surface area contributed by atoms with Crippen LogP contribution >= 0.6 is 0 Å². The predicted octanol–water partition coefficient (Wildman–Crippen LogP) is 0.763. The first-order valence-electron chi connectivity index (χ1n) is 8.54. The van der Waals surface area contributed by atoms with Crippen LogP contribution in [0.5, 0.6) is 5.75 Å². The van der Waals surface area contributed by atoms with Crippen LogP contribution in [0.3, 0.4) is 0 Å². The van der Waals surface area contributed by atoms with E-state index in [-0.39, 0.29) is 18.3 Å². The number of hydrogen-bond donors (Lipinski definition) is 2. The first-order valence-corrected chi connectivity index (χ1v) is 8.54. The zero-order chi connectivity index (χ0) is 18.4. The van der Waals surface area contributed by atoms with Gasteiger partial charge in [0.1, 0.15) is 17.9 Å². The van der Waals surface area contributed by atoms with Gasteiger partial charge >= 0.3 is 5.69 Å². The SMILES string of the molecule is O=C(c1c[nH]c(=O)[nH]c1=O)N(CCOc1ccccc1)CC1CCCO1. The number of carbonyl (C=O) groups is 1. The molecule has 3 rings (SSSR count). The third kappa shape index (κ3) is 4.60. The van der Waals surface area contributed by atoms with Crippen molar-refractivity contribution in [2.24, 2.45) is 0 Å². The van der Waals surface area contributed by atoms with E-state index in [1.165, 1.54) is 4.90 Å². The molecule has 1 amide bonds. The highest BCUT2D eigenvalue weighted by Crippen LogP contribution is 2.15. The van der Waals surface area contributed by atoms with E-state index in [9.17, 15) is 14.4 Å². The van der Waals surface area contributed by atoms with Crippen molar-refractivity contribution in [3.8, 4) is 5.75 Å². The fourth-order valence-corrected chi connectivity index (χ4v) is 2.84. The van der Waals surface area contributed by atoms with E-state index in [1.54, 1.807) is 0 Å². The van der Waals surface area contributed by atoms with Gasteiger partial charge in [-0.3, -0.25) is 14.6 Å². The van der Waals surface area contributed by atoms with Crippen LogP contribution in [0.1, 0.15) is 23.2 Å². The van der Waals surface area contributed by atoms with Gasteiger partial charge in [0, 0.05) is 19.3 Å². The number of rotatable bonds is 7. The number of nitrogens with one attached hydrogen (secondary N) is 2. The molecule has 0 spiro atoms. The van der Waals surface area contributed by atoms with Crippen LogP contribution in [-0.2, 0) is 4.74 Å². The van der Waals surface area contributed by atoms with Crippen LogP contribution in [0.15, 0.2) is 46.1 Å². The summed E-state index contributed by atoms with van der Waals surface area (Å²) in [5.74, 6) is 0.244. The van der Waals surface area contributed by atoms with Gasteiger partial charge in [-0.05, 0) is 25.0 Å². The topological polar surface area (TPSA) is 104 Å². The molecule has 0 saturated carbocycles. The molecule has 138 valence electrons. The van der Waals surface area contributed by atoms with Crippen LogP contribution in [0.4, 0.5) is 0 Å². The summed E-state index contributed by atoms with van der Waals surface area (Å²) in [5, 5.41) is 0. The maximum absolute atomic E-state index is 12.8. The number of ether oxygens (including phenoxy) is 2. The second-order valence-corrected chi connectivity index (χ2v) is 6.03. The summed E-state index contributed by atoms with van der Waals surface area (Å²) >= 11 is 0. The van der Waals surface area contributed by atoms with E-state index in [0.717, 1.165) is 19.0 Å². The summed E-state index contributed by atoms with van der Waals surface area (Å²) in [6.45, 7) is 1.62. The van der Waals surface area contributed by atoms with Crippen LogP contribution in [0, 0.1) is 0 Å². The first kappa shape index (κ1) is 17.9. The largest absolute Gasteiger partial charge is 0.492 e. The first-order chi connectivity index (χ1) is 12.6. The average molecular weight is 359 g/mol. The number of nitrogens with zero attached hydrogens (tertiary/aromatic N) is 1. The molecule has 1 aliphatic heterocycles. The van der Waals surface area contributed by atoms with Crippen LogP contribution in [0.25, 0.3) is 0 Å². The number of aromatic amines is 2. The van der Waals surface area contributed by atoms with Gasteiger partial charge in [-0.2, -0.15) is 0 Å². The number of amides is 1. The van der Waals surface area contributed by atoms with Crippen molar-refractivity contribution < 1.29 is 14.3 Å². The fraction of sp³-hybridized carbons (Fsp3) is 0.389. The lowest BCUT2D eigenvalue weighted by atomic mass is 10.2. The molecule has 0 bridgehead atoms. The van der Waals surface area contributed by atoms with E-state index in [2.05, 4.69) is 9.97 Å². The molecule has 0 radical (unpaired) electrons. The average Bonchev–Trinajstić information content (AvgIpc) is 3.14. The number of benzene rings is 1. The molecule has 1 aliphatic rings. The number of hydrogen-bond acceptors (Lipinski definition) is 5. The Morgan fingerprint density at radius 1 is 1.27 bits per heavy atom. The summed E-state index contributed by atoms with van der Waals surface area (Å²) in [5.41, 5.74) is -1.47. The Kier molecular flexibility index (Phi) is 5.85. The normalized spacial score (nSPS) is 16.4. The summed E-state index contributed by atoms with van der Waals surface area (Å²) in [6.07, 6.45) is 2.90. The maximum Gasteiger partial charge on any atom is 0.325 e. The molecular formula is C18H21N3O5. The number of H-pyrrole nitrogens is 2. The summed E-state index contributed by atoms with van der Waals surface area (Å²) < 4.78 is 11.3. The number of para-hydroxylation sites is 1. The lowest BCUT2D eigenvalue weighted by Gasteiger charge is -2.25. The molecule has 1 saturated heterocycles. The Balaban J connectivity index is 1.70. The van der Waals surface area contributed by atoms with E-state index in [1.807, 2.05) is 30.3 Å². The lowest BCUT2D eigenvalue weighted by molar-refractivity contribution is 0.0492. The highest BCUT2D eigenvalue weighted by Gasteiger charge is 2.25.